The molecule has 0 spiro atoms. The molecule has 2 aromatic heterocycles. The molecule has 1 aromatic carbocycles. The number of amides is 1. The lowest BCUT2D eigenvalue weighted by Gasteiger charge is -2.38. The Morgan fingerprint density at radius 2 is 1.91 bits per heavy atom. The van der Waals surface area contributed by atoms with Crippen molar-refractivity contribution in [3.8, 4) is 22.5 Å². The Morgan fingerprint density at radius 3 is 2.50 bits per heavy atom. The minimum atomic E-state index is -1.50. The Labute approximate surface area is 181 Å². The van der Waals surface area contributed by atoms with Crippen LogP contribution in [0.2, 0.25) is 0 Å². The van der Waals surface area contributed by atoms with Crippen LogP contribution < -0.4 is 5.73 Å². The van der Waals surface area contributed by atoms with Crippen molar-refractivity contribution in [2.45, 2.75) is 31.2 Å². The fourth-order valence-corrected chi connectivity index (χ4v) is 3.59. The smallest absolute Gasteiger partial charge is 0.268 e. The summed E-state index contributed by atoms with van der Waals surface area (Å²) in [5.41, 5.74) is 3.96. The number of pyridine rings is 1. The molecule has 3 unspecified atom stereocenters. The number of hydrogen-bond acceptors (Lipinski definition) is 7. The molecule has 1 aliphatic rings. The third-order valence-electron chi connectivity index (χ3n) is 5.34. The van der Waals surface area contributed by atoms with E-state index in [1.165, 1.54) is 25.4 Å². The molecule has 1 aliphatic heterocycles. The topological polar surface area (TPSA) is 131 Å². The summed E-state index contributed by atoms with van der Waals surface area (Å²) in [6.07, 6.45) is 0.788. The maximum Gasteiger partial charge on any atom is 0.268 e. The fraction of sp³-hybridized carbons (Fsp3) is 0.273. The molecule has 1 fully saturated rings. The van der Waals surface area contributed by atoms with Crippen molar-refractivity contribution in [3.05, 3.63) is 65.7 Å². The second-order valence-corrected chi connectivity index (χ2v) is 7.77. The summed E-state index contributed by atoms with van der Waals surface area (Å²) >= 11 is 0. The van der Waals surface area contributed by atoms with Crippen molar-refractivity contribution in [1.82, 2.24) is 15.0 Å². The zero-order chi connectivity index (χ0) is 23.0. The summed E-state index contributed by atoms with van der Waals surface area (Å²) in [6, 6.07) is 6.53. The number of carbonyl (C=O) groups excluding carboxylic acids is 1. The van der Waals surface area contributed by atoms with Crippen LogP contribution >= 0.6 is 0 Å². The van der Waals surface area contributed by atoms with Crippen LogP contribution in [0.4, 0.5) is 8.78 Å². The molecule has 32 heavy (non-hydrogen) atoms. The number of aliphatic hydroxyl groups excluding tert-OH is 1. The van der Waals surface area contributed by atoms with Gasteiger partial charge in [0.25, 0.3) is 5.91 Å². The molecular formula is C22H20F2N4O4. The third-order valence-corrected chi connectivity index (χ3v) is 5.34. The number of aliphatic hydroxyl groups is 2. The highest BCUT2D eigenvalue weighted by molar-refractivity contribution is 5.99. The average Bonchev–Trinajstić information content (AvgIpc) is 2.75. The summed E-state index contributed by atoms with van der Waals surface area (Å²) in [6.45, 7) is 1.19. The molecule has 1 amide bonds. The molecule has 10 heteroatoms. The van der Waals surface area contributed by atoms with Gasteiger partial charge in [-0.3, -0.25) is 9.78 Å². The van der Waals surface area contributed by atoms with Crippen molar-refractivity contribution in [1.29, 1.82) is 0 Å². The van der Waals surface area contributed by atoms with E-state index in [9.17, 15) is 23.8 Å². The molecule has 8 nitrogen and oxygen atoms in total. The molecule has 3 atom stereocenters. The predicted molar refractivity (Wildman–Crippen MR) is 109 cm³/mol. The van der Waals surface area contributed by atoms with Gasteiger partial charge in [-0.15, -0.1) is 0 Å². The first-order valence-corrected chi connectivity index (χ1v) is 9.77. The molecule has 3 heterocycles. The average molecular weight is 442 g/mol. The highest BCUT2D eigenvalue weighted by atomic mass is 19.1. The van der Waals surface area contributed by atoms with Crippen LogP contribution in [0.3, 0.4) is 0 Å². The Bertz CT molecular complexity index is 1150. The number of rotatable bonds is 4. The summed E-state index contributed by atoms with van der Waals surface area (Å²) < 4.78 is 34.7. The highest BCUT2D eigenvalue weighted by Crippen LogP contribution is 2.39. The molecule has 166 valence electrons. The van der Waals surface area contributed by atoms with E-state index in [0.29, 0.717) is 5.56 Å². The minimum Gasteiger partial charge on any atom is -0.390 e. The number of nitrogens with zero attached hydrogens (tertiary/aromatic N) is 3. The first-order valence-electron chi connectivity index (χ1n) is 9.77. The van der Waals surface area contributed by atoms with Crippen LogP contribution in [0, 0.1) is 11.6 Å². The zero-order valence-electron chi connectivity index (χ0n) is 17.0. The number of benzene rings is 1. The molecule has 4 rings (SSSR count). The standard InChI is InChI=1S/C22H20F2N4O4/c1-22(31)10-32-14(8-15(22)29)18-16(11-4-3-7-26-9-11)19(20(25)30)28-21(27-18)17-12(23)5-2-6-13(17)24/h2-7,9,14-15,29,31H,8,10H2,1H3,(H2,25,30). The number of aromatic nitrogens is 3. The quantitative estimate of drug-likeness (QED) is 0.564. The van der Waals surface area contributed by atoms with Gasteiger partial charge in [-0.25, -0.2) is 18.7 Å². The van der Waals surface area contributed by atoms with E-state index in [1.807, 2.05) is 0 Å². The van der Waals surface area contributed by atoms with Gasteiger partial charge in [0, 0.05) is 29.9 Å². The normalized spacial score (nSPS) is 23.2. The molecule has 0 saturated carbocycles. The number of ether oxygens (including phenoxy) is 1. The van der Waals surface area contributed by atoms with E-state index in [0.717, 1.165) is 12.1 Å². The molecular weight excluding hydrogens is 422 g/mol. The lowest BCUT2D eigenvalue weighted by atomic mass is 9.88. The largest absolute Gasteiger partial charge is 0.390 e. The Hall–Kier alpha value is -3.34. The van der Waals surface area contributed by atoms with Crippen LogP contribution in [0.1, 0.15) is 35.6 Å². The van der Waals surface area contributed by atoms with Crippen LogP contribution in [-0.2, 0) is 4.74 Å². The number of carbonyl (C=O) groups is 1. The van der Waals surface area contributed by atoms with Gasteiger partial charge in [-0.05, 0) is 25.1 Å². The number of primary amides is 1. The van der Waals surface area contributed by atoms with Crippen LogP contribution in [0.25, 0.3) is 22.5 Å². The number of nitrogens with two attached hydrogens (primary N) is 1. The molecule has 0 bridgehead atoms. The van der Waals surface area contributed by atoms with Crippen molar-refractivity contribution in [3.63, 3.8) is 0 Å². The predicted octanol–water partition coefficient (Wildman–Crippen LogP) is 2.16. The van der Waals surface area contributed by atoms with Gasteiger partial charge in [0.05, 0.1) is 24.0 Å². The van der Waals surface area contributed by atoms with Gasteiger partial charge < -0.3 is 20.7 Å². The third kappa shape index (κ3) is 3.95. The molecule has 3 aromatic rings. The first-order chi connectivity index (χ1) is 15.2. The lowest BCUT2D eigenvalue weighted by Crippen LogP contribution is -2.48. The van der Waals surface area contributed by atoms with Crippen molar-refractivity contribution >= 4 is 5.91 Å². The maximum atomic E-state index is 14.5. The number of halogens is 2. The first kappa shape index (κ1) is 21.9. The zero-order valence-corrected chi connectivity index (χ0v) is 17.0. The van der Waals surface area contributed by atoms with Gasteiger partial charge >= 0.3 is 0 Å². The monoisotopic (exact) mass is 442 g/mol. The van der Waals surface area contributed by atoms with E-state index < -0.39 is 46.7 Å². The van der Waals surface area contributed by atoms with Gasteiger partial charge in [0.2, 0.25) is 0 Å². The van der Waals surface area contributed by atoms with Gasteiger partial charge in [0.15, 0.2) is 5.82 Å². The van der Waals surface area contributed by atoms with Crippen molar-refractivity contribution < 1.29 is 28.5 Å². The van der Waals surface area contributed by atoms with E-state index in [-0.39, 0.29) is 30.0 Å². The van der Waals surface area contributed by atoms with Gasteiger partial charge in [-0.2, -0.15) is 0 Å². The summed E-state index contributed by atoms with van der Waals surface area (Å²) in [5, 5.41) is 20.6. The second-order valence-electron chi connectivity index (χ2n) is 7.77. The molecule has 1 saturated heterocycles. The van der Waals surface area contributed by atoms with E-state index in [4.69, 9.17) is 10.5 Å². The molecule has 4 N–H and O–H groups in total. The fourth-order valence-electron chi connectivity index (χ4n) is 3.59. The van der Waals surface area contributed by atoms with Crippen molar-refractivity contribution in [2.75, 3.05) is 6.61 Å². The summed E-state index contributed by atoms with van der Waals surface area (Å²) in [4.78, 5) is 24.8. The van der Waals surface area contributed by atoms with Gasteiger partial charge in [0.1, 0.15) is 29.0 Å². The van der Waals surface area contributed by atoms with Crippen molar-refractivity contribution in [2.24, 2.45) is 5.73 Å². The Morgan fingerprint density at radius 1 is 1.19 bits per heavy atom. The number of hydrogen-bond donors (Lipinski definition) is 3. The van der Waals surface area contributed by atoms with E-state index in [2.05, 4.69) is 15.0 Å². The SMILES string of the molecule is CC1(O)COC(c2nc(-c3c(F)cccc3F)nc(C(N)=O)c2-c2cccnc2)CC1O. The lowest BCUT2D eigenvalue weighted by molar-refractivity contribution is -0.177. The second kappa shape index (κ2) is 8.30. The van der Waals surface area contributed by atoms with E-state index >= 15 is 0 Å². The minimum absolute atomic E-state index is 0.0886. The highest BCUT2D eigenvalue weighted by Gasteiger charge is 2.41. The molecule has 0 aliphatic carbocycles. The van der Waals surface area contributed by atoms with Crippen LogP contribution in [-0.4, -0.2) is 49.4 Å². The van der Waals surface area contributed by atoms with Crippen LogP contribution in [0.5, 0.6) is 0 Å². The van der Waals surface area contributed by atoms with Crippen LogP contribution in [0.15, 0.2) is 42.7 Å². The Kier molecular flexibility index (Phi) is 5.68. The molecule has 0 radical (unpaired) electrons. The van der Waals surface area contributed by atoms with Gasteiger partial charge in [-0.1, -0.05) is 12.1 Å². The maximum absolute atomic E-state index is 14.5. The Balaban J connectivity index is 1.98. The van der Waals surface area contributed by atoms with E-state index in [1.54, 1.807) is 12.1 Å². The summed E-state index contributed by atoms with van der Waals surface area (Å²) in [7, 11) is 0. The summed E-state index contributed by atoms with van der Waals surface area (Å²) in [5.74, 6) is -3.19.